The summed E-state index contributed by atoms with van der Waals surface area (Å²) in [4.78, 5) is 13.3. The van der Waals surface area contributed by atoms with Gasteiger partial charge in [-0.05, 0) is 14.0 Å². The predicted molar refractivity (Wildman–Crippen MR) is 51.9 cm³/mol. The minimum Gasteiger partial charge on any atom is -0.394 e. The number of aliphatic hydroxyl groups excluding tert-OH is 1. The second-order valence-corrected chi connectivity index (χ2v) is 3.58. The van der Waals surface area contributed by atoms with E-state index in [4.69, 9.17) is 9.84 Å². The Kier molecular flexibility index (Phi) is 4.31. The van der Waals surface area contributed by atoms with Crippen molar-refractivity contribution in [3.63, 3.8) is 0 Å². The van der Waals surface area contributed by atoms with Crippen LogP contribution in [0.3, 0.4) is 0 Å². The zero-order chi connectivity index (χ0) is 10.6. The highest BCUT2D eigenvalue weighted by Gasteiger charge is 2.27. The summed E-state index contributed by atoms with van der Waals surface area (Å²) in [5.74, 6) is 0.0566. The van der Waals surface area contributed by atoms with Gasteiger partial charge in [-0.25, -0.2) is 0 Å². The fraction of sp³-hybridized carbons (Fsp3) is 0.889. The van der Waals surface area contributed by atoms with Crippen molar-refractivity contribution >= 4 is 5.91 Å². The molecular formula is C9H18N2O3. The van der Waals surface area contributed by atoms with E-state index in [0.717, 1.165) is 0 Å². The predicted octanol–water partition coefficient (Wildman–Crippen LogP) is -1.19. The first-order valence-electron chi connectivity index (χ1n) is 4.86. The van der Waals surface area contributed by atoms with Crippen LogP contribution in [0, 0.1) is 0 Å². The third-order valence-corrected chi connectivity index (χ3v) is 2.21. The molecule has 1 amide bonds. The minimum absolute atomic E-state index is 0.00158. The smallest absolute Gasteiger partial charge is 0.236 e. The Labute approximate surface area is 84.0 Å². The van der Waals surface area contributed by atoms with Gasteiger partial charge in [0.05, 0.1) is 25.4 Å². The van der Waals surface area contributed by atoms with Crippen LogP contribution in [-0.4, -0.2) is 61.4 Å². The first kappa shape index (κ1) is 11.4. The quantitative estimate of drug-likeness (QED) is 0.604. The van der Waals surface area contributed by atoms with E-state index in [1.807, 2.05) is 6.92 Å². The summed E-state index contributed by atoms with van der Waals surface area (Å²) in [5.41, 5.74) is 0. The number of carbonyl (C=O) groups is 1. The molecule has 1 aliphatic heterocycles. The minimum atomic E-state index is -0.237. The van der Waals surface area contributed by atoms with E-state index >= 15 is 0 Å². The van der Waals surface area contributed by atoms with E-state index in [2.05, 4.69) is 5.32 Å². The van der Waals surface area contributed by atoms with Crippen LogP contribution in [0.2, 0.25) is 0 Å². The van der Waals surface area contributed by atoms with Crippen LogP contribution in [0.25, 0.3) is 0 Å². The van der Waals surface area contributed by atoms with Gasteiger partial charge in [0, 0.05) is 13.1 Å². The molecule has 0 aromatic carbocycles. The molecule has 0 aromatic rings. The number of hydrogen-bond donors (Lipinski definition) is 2. The first-order valence-corrected chi connectivity index (χ1v) is 4.86. The lowest BCUT2D eigenvalue weighted by atomic mass is 10.2. The molecule has 2 atom stereocenters. The third kappa shape index (κ3) is 2.94. The largest absolute Gasteiger partial charge is 0.394 e. The van der Waals surface area contributed by atoms with Crippen molar-refractivity contribution in [3.8, 4) is 0 Å². The van der Waals surface area contributed by atoms with E-state index in [-0.39, 0.29) is 24.7 Å². The number of likely N-dealkylation sites (N-methyl/N-ethyl adjacent to an activating group) is 1. The third-order valence-electron chi connectivity index (χ3n) is 2.21. The van der Waals surface area contributed by atoms with Gasteiger partial charge in [0.2, 0.25) is 5.91 Å². The number of carbonyl (C=O) groups excluding carboxylic acids is 1. The molecule has 5 nitrogen and oxygen atoms in total. The Hall–Kier alpha value is -0.650. The number of ether oxygens (including phenoxy) is 1. The van der Waals surface area contributed by atoms with Crippen LogP contribution in [-0.2, 0) is 9.53 Å². The molecular weight excluding hydrogens is 184 g/mol. The van der Waals surface area contributed by atoms with E-state index in [9.17, 15) is 4.79 Å². The van der Waals surface area contributed by atoms with E-state index in [1.165, 1.54) is 0 Å². The Morgan fingerprint density at radius 3 is 2.93 bits per heavy atom. The van der Waals surface area contributed by atoms with Crippen LogP contribution >= 0.6 is 0 Å². The average Bonchev–Trinajstić information content (AvgIpc) is 2.17. The molecule has 0 saturated carbocycles. The van der Waals surface area contributed by atoms with Crippen molar-refractivity contribution in [3.05, 3.63) is 0 Å². The maximum Gasteiger partial charge on any atom is 0.236 e. The van der Waals surface area contributed by atoms with E-state index in [0.29, 0.717) is 19.6 Å². The van der Waals surface area contributed by atoms with E-state index in [1.54, 1.807) is 11.9 Å². The average molecular weight is 202 g/mol. The fourth-order valence-corrected chi connectivity index (χ4v) is 1.61. The van der Waals surface area contributed by atoms with Crippen molar-refractivity contribution in [1.82, 2.24) is 10.2 Å². The monoisotopic (exact) mass is 202 g/mol. The van der Waals surface area contributed by atoms with Crippen molar-refractivity contribution in [2.75, 3.05) is 33.3 Å². The van der Waals surface area contributed by atoms with Crippen LogP contribution in [0.15, 0.2) is 0 Å². The summed E-state index contributed by atoms with van der Waals surface area (Å²) in [6.45, 7) is 3.30. The number of amides is 1. The summed E-state index contributed by atoms with van der Waals surface area (Å²) in [7, 11) is 1.74. The van der Waals surface area contributed by atoms with Gasteiger partial charge >= 0.3 is 0 Å². The highest BCUT2D eigenvalue weighted by molar-refractivity contribution is 5.78. The van der Waals surface area contributed by atoms with Crippen LogP contribution in [0.4, 0.5) is 0 Å². The molecule has 82 valence electrons. The molecule has 5 heteroatoms. The van der Waals surface area contributed by atoms with Crippen molar-refractivity contribution < 1.29 is 14.6 Å². The summed E-state index contributed by atoms with van der Waals surface area (Å²) >= 11 is 0. The lowest BCUT2D eigenvalue weighted by Crippen LogP contribution is -2.52. The van der Waals surface area contributed by atoms with Gasteiger partial charge in [-0.2, -0.15) is 0 Å². The molecule has 0 aromatic heterocycles. The molecule has 0 spiro atoms. The van der Waals surface area contributed by atoms with Gasteiger partial charge in [-0.1, -0.05) is 0 Å². The van der Waals surface area contributed by atoms with Crippen LogP contribution < -0.4 is 5.32 Å². The van der Waals surface area contributed by atoms with Gasteiger partial charge in [0.15, 0.2) is 0 Å². The fourth-order valence-electron chi connectivity index (χ4n) is 1.61. The van der Waals surface area contributed by atoms with Gasteiger partial charge in [0.25, 0.3) is 0 Å². The Balaban J connectivity index is 2.48. The molecule has 1 saturated heterocycles. The molecule has 0 bridgehead atoms. The summed E-state index contributed by atoms with van der Waals surface area (Å²) < 4.78 is 5.43. The second kappa shape index (κ2) is 5.29. The summed E-state index contributed by atoms with van der Waals surface area (Å²) in [6.07, 6.45) is -0.235. The molecule has 1 rings (SSSR count). The zero-order valence-corrected chi connectivity index (χ0v) is 8.69. The molecule has 1 heterocycles. The van der Waals surface area contributed by atoms with Crippen molar-refractivity contribution in [1.29, 1.82) is 0 Å². The van der Waals surface area contributed by atoms with Crippen LogP contribution in [0.1, 0.15) is 6.92 Å². The SMILES string of the molecule is CNCC(=O)N1CC(C)OC(CO)C1. The zero-order valence-electron chi connectivity index (χ0n) is 8.69. The number of morpholine rings is 1. The van der Waals surface area contributed by atoms with Crippen molar-refractivity contribution in [2.24, 2.45) is 0 Å². The number of nitrogens with zero attached hydrogens (tertiary/aromatic N) is 1. The number of nitrogens with one attached hydrogen (secondary N) is 1. The maximum absolute atomic E-state index is 11.5. The van der Waals surface area contributed by atoms with Crippen LogP contribution in [0.5, 0.6) is 0 Å². The highest BCUT2D eigenvalue weighted by atomic mass is 16.5. The number of hydrogen-bond acceptors (Lipinski definition) is 4. The first-order chi connectivity index (χ1) is 6.67. The molecule has 1 aliphatic rings. The number of rotatable bonds is 3. The topological polar surface area (TPSA) is 61.8 Å². The second-order valence-electron chi connectivity index (χ2n) is 3.58. The molecule has 0 radical (unpaired) electrons. The van der Waals surface area contributed by atoms with E-state index < -0.39 is 0 Å². The lowest BCUT2D eigenvalue weighted by Gasteiger charge is -2.36. The van der Waals surface area contributed by atoms with Gasteiger partial charge in [-0.15, -0.1) is 0 Å². The number of aliphatic hydroxyl groups is 1. The molecule has 2 unspecified atom stereocenters. The summed E-state index contributed by atoms with van der Waals surface area (Å²) in [6, 6.07) is 0. The molecule has 1 fully saturated rings. The lowest BCUT2D eigenvalue weighted by molar-refractivity contribution is -0.146. The Bertz CT molecular complexity index is 198. The molecule has 0 aliphatic carbocycles. The van der Waals surface area contributed by atoms with Crippen molar-refractivity contribution in [2.45, 2.75) is 19.1 Å². The van der Waals surface area contributed by atoms with Gasteiger partial charge in [0.1, 0.15) is 0 Å². The maximum atomic E-state index is 11.5. The normalized spacial score (nSPS) is 27.8. The molecule has 2 N–H and O–H groups in total. The molecule has 14 heavy (non-hydrogen) atoms. The Morgan fingerprint density at radius 2 is 2.36 bits per heavy atom. The van der Waals surface area contributed by atoms with Gasteiger partial charge in [-0.3, -0.25) is 4.79 Å². The standard InChI is InChI=1S/C9H18N2O3/c1-7-4-11(9(13)3-10-2)5-8(6-12)14-7/h7-8,10,12H,3-6H2,1-2H3. The van der Waals surface area contributed by atoms with Gasteiger partial charge < -0.3 is 20.1 Å². The highest BCUT2D eigenvalue weighted by Crippen LogP contribution is 2.10. The Morgan fingerprint density at radius 1 is 1.64 bits per heavy atom. The summed E-state index contributed by atoms with van der Waals surface area (Å²) in [5, 5.41) is 11.8.